The summed E-state index contributed by atoms with van der Waals surface area (Å²) >= 11 is 4.25. The number of rotatable bonds is 3. The van der Waals surface area contributed by atoms with E-state index in [9.17, 15) is 4.39 Å². The fourth-order valence-corrected chi connectivity index (χ4v) is 1.25. The van der Waals surface area contributed by atoms with Crippen LogP contribution in [0.25, 0.3) is 0 Å². The fraction of sp³-hybridized carbons (Fsp3) is 0.0769. The van der Waals surface area contributed by atoms with Crippen LogP contribution >= 0.6 is 13.6 Å². The minimum atomic E-state index is -0.242. The Balaban J connectivity index is 0.000000686. The Bertz CT molecular complexity index is 436. The summed E-state index contributed by atoms with van der Waals surface area (Å²) in [5.41, 5.74) is 0.812. The van der Waals surface area contributed by atoms with E-state index in [4.69, 9.17) is 4.74 Å². The van der Waals surface area contributed by atoms with Gasteiger partial charge in [-0.3, -0.25) is 0 Å². The summed E-state index contributed by atoms with van der Waals surface area (Å²) in [6.45, 7) is 0.359. The summed E-state index contributed by atoms with van der Waals surface area (Å²) in [6, 6.07) is 16.6. The van der Waals surface area contributed by atoms with E-state index < -0.39 is 0 Å². The second-order valence-corrected chi connectivity index (χ2v) is 3.15. The predicted molar refractivity (Wildman–Crippen MR) is 64.9 cm³/mol. The molecular formula is C13H10BrFOZn. The number of para-hydroxylation sites is 1. The van der Waals surface area contributed by atoms with Gasteiger partial charge in [0.2, 0.25) is 0 Å². The zero-order valence-corrected chi connectivity index (χ0v) is 13.8. The maximum atomic E-state index is 12.8. The first-order valence-electron chi connectivity index (χ1n) is 4.95. The van der Waals surface area contributed by atoms with Gasteiger partial charge in [0, 0.05) is 5.75 Å². The average molecular weight is 347 g/mol. The van der Waals surface area contributed by atoms with Crippen LogP contribution in [0.4, 0.5) is 4.39 Å². The number of ether oxygens (including phenoxy) is 1. The molecule has 0 spiro atoms. The van der Waals surface area contributed by atoms with E-state index in [0.717, 1.165) is 5.56 Å². The molecule has 0 aliphatic rings. The molecule has 84 valence electrons. The maximum absolute atomic E-state index is 12.8. The van der Waals surface area contributed by atoms with E-state index in [-0.39, 0.29) is 5.82 Å². The molecule has 0 saturated heterocycles. The van der Waals surface area contributed by atoms with Crippen LogP contribution < -0.4 is 4.74 Å². The van der Waals surface area contributed by atoms with E-state index in [2.05, 4.69) is 19.7 Å². The molecule has 0 unspecified atom stereocenters. The Labute approximate surface area is 117 Å². The summed E-state index contributed by atoms with van der Waals surface area (Å²) in [6.07, 6.45) is 0. The number of halogens is 2. The summed E-state index contributed by atoms with van der Waals surface area (Å²) in [5, 5.41) is 0. The van der Waals surface area contributed by atoms with E-state index in [1.54, 1.807) is 12.1 Å². The molecule has 0 heterocycles. The van der Waals surface area contributed by atoms with Crippen LogP contribution in [0.15, 0.2) is 48.5 Å². The van der Waals surface area contributed by atoms with Crippen LogP contribution in [0.1, 0.15) is 5.56 Å². The molecule has 0 atom stereocenters. The normalized spacial score (nSPS) is 9.18. The first-order valence-corrected chi connectivity index (χ1v) is 11.9. The summed E-state index contributed by atoms with van der Waals surface area (Å²) in [7, 11) is 0. The van der Waals surface area contributed by atoms with Gasteiger partial charge in [-0.15, -0.1) is 12.1 Å². The molecule has 2 rings (SSSR count). The summed E-state index contributed by atoms with van der Waals surface area (Å²) in [4.78, 5) is 0. The first kappa shape index (κ1) is 14.3. The monoisotopic (exact) mass is 344 g/mol. The van der Waals surface area contributed by atoms with Gasteiger partial charge in [-0.05, 0) is 17.7 Å². The van der Waals surface area contributed by atoms with Crippen LogP contribution in [-0.2, 0) is 22.9 Å². The van der Waals surface area contributed by atoms with Crippen LogP contribution in [-0.4, -0.2) is 0 Å². The molecular weight excluding hydrogens is 336 g/mol. The second-order valence-electron chi connectivity index (χ2n) is 3.15. The standard InChI is InChI=1S/C13H10FO.BrH.Zn/c14-12-6-4-5-11(9-12)10-15-13-7-2-1-3-8-13;;/h1-7,9H,10H2;1H;/q-1;;+2/p-1. The van der Waals surface area contributed by atoms with Gasteiger partial charge in [0.1, 0.15) is 12.4 Å². The molecule has 0 radical (unpaired) electrons. The van der Waals surface area contributed by atoms with Crippen LogP contribution in [0, 0.1) is 11.9 Å². The van der Waals surface area contributed by atoms with E-state index in [1.165, 1.54) is 28.5 Å². The Hall–Kier alpha value is -0.727. The molecule has 2 aromatic rings. The van der Waals surface area contributed by atoms with Crippen molar-refractivity contribution in [1.82, 2.24) is 0 Å². The molecule has 0 amide bonds. The van der Waals surface area contributed by atoms with E-state index in [1.807, 2.05) is 24.3 Å². The zero-order chi connectivity index (χ0) is 12.5. The Morgan fingerprint density at radius 2 is 2.00 bits per heavy atom. The summed E-state index contributed by atoms with van der Waals surface area (Å²) in [5.74, 6) is 0.426. The molecule has 0 aliphatic carbocycles. The number of hydrogen-bond acceptors (Lipinski definition) is 1. The van der Waals surface area contributed by atoms with Crippen LogP contribution in [0.5, 0.6) is 5.75 Å². The SMILES string of the molecule is Fc1cccc(COc2[c-]cccc2)c1.[Zn+][Br]. The van der Waals surface area contributed by atoms with Gasteiger partial charge >= 0.3 is 30.0 Å². The van der Waals surface area contributed by atoms with Crippen molar-refractivity contribution in [2.45, 2.75) is 6.61 Å². The van der Waals surface area contributed by atoms with Gasteiger partial charge in [0.15, 0.2) is 0 Å². The second kappa shape index (κ2) is 8.38. The first-order chi connectivity index (χ1) is 8.34. The van der Waals surface area contributed by atoms with Crippen molar-refractivity contribution in [1.29, 1.82) is 0 Å². The van der Waals surface area contributed by atoms with Gasteiger partial charge in [-0.1, -0.05) is 12.1 Å². The van der Waals surface area contributed by atoms with E-state index >= 15 is 0 Å². The molecule has 0 fully saturated rings. The van der Waals surface area contributed by atoms with Crippen molar-refractivity contribution in [2.75, 3.05) is 0 Å². The third kappa shape index (κ3) is 5.42. The summed E-state index contributed by atoms with van der Waals surface area (Å²) < 4.78 is 18.3. The average Bonchev–Trinajstić information content (AvgIpc) is 2.40. The van der Waals surface area contributed by atoms with Crippen molar-refractivity contribution in [3.8, 4) is 5.75 Å². The van der Waals surface area contributed by atoms with Gasteiger partial charge in [0.25, 0.3) is 0 Å². The Kier molecular flexibility index (Phi) is 7.06. The molecule has 0 aliphatic heterocycles. The van der Waals surface area contributed by atoms with Crippen LogP contribution in [0.2, 0.25) is 0 Å². The quantitative estimate of drug-likeness (QED) is 0.602. The number of hydrogen-bond donors (Lipinski definition) is 0. The van der Waals surface area contributed by atoms with Gasteiger partial charge in [-0.25, -0.2) is 4.39 Å². The third-order valence-electron chi connectivity index (χ3n) is 1.96. The third-order valence-corrected chi connectivity index (χ3v) is 1.96. The van der Waals surface area contributed by atoms with E-state index in [0.29, 0.717) is 12.4 Å². The zero-order valence-electron chi connectivity index (χ0n) is 9.20. The molecule has 1 nitrogen and oxygen atoms in total. The molecule has 0 N–H and O–H groups in total. The molecule has 0 aromatic heterocycles. The van der Waals surface area contributed by atoms with Crippen molar-refractivity contribution >= 4 is 13.6 Å². The molecule has 2 aromatic carbocycles. The van der Waals surface area contributed by atoms with Crippen molar-refractivity contribution in [2.24, 2.45) is 0 Å². The molecule has 0 bridgehead atoms. The molecule has 0 saturated carbocycles. The van der Waals surface area contributed by atoms with Gasteiger partial charge in [0.05, 0.1) is 0 Å². The van der Waals surface area contributed by atoms with Crippen molar-refractivity contribution in [3.63, 3.8) is 0 Å². The topological polar surface area (TPSA) is 9.23 Å². The van der Waals surface area contributed by atoms with Gasteiger partial charge in [-0.2, -0.15) is 18.2 Å². The van der Waals surface area contributed by atoms with Gasteiger partial charge < -0.3 is 4.74 Å². The Morgan fingerprint density at radius 3 is 2.65 bits per heavy atom. The molecule has 17 heavy (non-hydrogen) atoms. The minimum absolute atomic E-state index is 0.242. The number of benzene rings is 2. The Morgan fingerprint density at radius 1 is 1.18 bits per heavy atom. The van der Waals surface area contributed by atoms with Crippen molar-refractivity contribution < 1.29 is 25.5 Å². The predicted octanol–water partition coefficient (Wildman–Crippen LogP) is 4.05. The fourth-order valence-electron chi connectivity index (χ4n) is 1.25. The molecule has 4 heteroatoms. The van der Waals surface area contributed by atoms with Crippen molar-refractivity contribution in [3.05, 3.63) is 66.0 Å². The van der Waals surface area contributed by atoms with Crippen LogP contribution in [0.3, 0.4) is 0 Å².